The maximum atomic E-state index is 13.1. The second-order valence-corrected chi connectivity index (χ2v) is 8.90. The molecule has 5 rings (SSSR count). The molecule has 27 heavy (non-hydrogen) atoms. The molecule has 3 aromatic rings. The van der Waals surface area contributed by atoms with Crippen molar-refractivity contribution in [1.29, 1.82) is 0 Å². The third kappa shape index (κ3) is 2.72. The highest BCUT2D eigenvalue weighted by Crippen LogP contribution is 2.45. The van der Waals surface area contributed by atoms with Crippen LogP contribution in [0.4, 0.5) is 5.95 Å². The summed E-state index contributed by atoms with van der Waals surface area (Å²) in [7, 11) is 0. The number of benzene rings is 1. The largest absolute Gasteiger partial charge is 0.328 e. The van der Waals surface area contributed by atoms with Crippen LogP contribution in [0, 0.1) is 5.41 Å². The Kier molecular flexibility index (Phi) is 3.59. The first kappa shape index (κ1) is 16.4. The normalized spacial score (nSPS) is 20.8. The van der Waals surface area contributed by atoms with E-state index in [0.29, 0.717) is 18.2 Å². The molecule has 3 heterocycles. The van der Waals surface area contributed by atoms with Crippen LogP contribution in [0.2, 0.25) is 0 Å². The smallest absolute Gasteiger partial charge is 0.226 e. The Morgan fingerprint density at radius 1 is 1.15 bits per heavy atom. The SMILES string of the molecule is CC1(C)CC(=O)C2=C(C1)Nc1nc(-c3cccs3)nn1C2c1ccccc1. The highest BCUT2D eigenvalue weighted by Gasteiger charge is 2.41. The van der Waals surface area contributed by atoms with Gasteiger partial charge in [-0.15, -0.1) is 16.4 Å². The van der Waals surface area contributed by atoms with Gasteiger partial charge in [0.1, 0.15) is 6.04 Å². The molecule has 1 unspecified atom stereocenters. The average Bonchev–Trinajstić information content (AvgIpc) is 3.29. The van der Waals surface area contributed by atoms with E-state index in [1.807, 2.05) is 40.4 Å². The van der Waals surface area contributed by atoms with E-state index in [1.54, 1.807) is 11.3 Å². The number of Topliss-reactive ketones (excluding diaryl/α,β-unsaturated/α-hetero) is 1. The number of anilines is 1. The summed E-state index contributed by atoms with van der Waals surface area (Å²) in [5, 5.41) is 10.2. The molecule has 0 saturated carbocycles. The molecule has 0 amide bonds. The van der Waals surface area contributed by atoms with Crippen LogP contribution in [-0.2, 0) is 4.79 Å². The number of allylic oxidation sites excluding steroid dienone is 2. The van der Waals surface area contributed by atoms with E-state index in [9.17, 15) is 4.79 Å². The van der Waals surface area contributed by atoms with E-state index in [-0.39, 0.29) is 17.2 Å². The van der Waals surface area contributed by atoms with E-state index >= 15 is 0 Å². The lowest BCUT2D eigenvalue weighted by Crippen LogP contribution is -2.36. The summed E-state index contributed by atoms with van der Waals surface area (Å²) in [5.74, 6) is 1.60. The summed E-state index contributed by atoms with van der Waals surface area (Å²) >= 11 is 1.62. The fraction of sp³-hybridized carbons (Fsp3) is 0.286. The second kappa shape index (κ2) is 5.89. The van der Waals surface area contributed by atoms with Crippen molar-refractivity contribution in [2.45, 2.75) is 32.7 Å². The molecule has 0 saturated heterocycles. The lowest BCUT2D eigenvalue weighted by Gasteiger charge is -2.38. The Morgan fingerprint density at radius 2 is 1.96 bits per heavy atom. The van der Waals surface area contributed by atoms with Crippen molar-refractivity contribution >= 4 is 23.1 Å². The zero-order chi connectivity index (χ0) is 18.6. The standard InChI is InChI=1S/C21H20N4OS/c1-21(2)11-14-17(15(26)12-21)18(13-7-4-3-5-8-13)25-20(22-14)23-19(24-25)16-9-6-10-27-16/h3-10,18H,11-12H2,1-2H3,(H,22,23,24). The summed E-state index contributed by atoms with van der Waals surface area (Å²) in [6.45, 7) is 4.29. The van der Waals surface area contributed by atoms with Crippen molar-refractivity contribution in [2.75, 3.05) is 5.32 Å². The van der Waals surface area contributed by atoms with Gasteiger partial charge in [-0.25, -0.2) is 4.68 Å². The van der Waals surface area contributed by atoms with Gasteiger partial charge in [0.15, 0.2) is 11.6 Å². The predicted octanol–water partition coefficient (Wildman–Crippen LogP) is 4.66. The van der Waals surface area contributed by atoms with Crippen LogP contribution in [0.15, 0.2) is 59.1 Å². The molecule has 1 aliphatic carbocycles. The molecule has 1 aromatic carbocycles. The third-order valence-electron chi connectivity index (χ3n) is 5.19. The van der Waals surface area contributed by atoms with Crippen molar-refractivity contribution < 1.29 is 4.79 Å². The zero-order valence-electron chi connectivity index (χ0n) is 15.3. The van der Waals surface area contributed by atoms with E-state index in [0.717, 1.165) is 28.1 Å². The molecule has 136 valence electrons. The number of carbonyl (C=O) groups excluding carboxylic acids is 1. The molecule has 0 fully saturated rings. The molecule has 0 spiro atoms. The molecule has 2 aromatic heterocycles. The van der Waals surface area contributed by atoms with Gasteiger partial charge in [0.05, 0.1) is 4.88 Å². The van der Waals surface area contributed by atoms with Crippen molar-refractivity contribution in [3.05, 3.63) is 64.7 Å². The van der Waals surface area contributed by atoms with Gasteiger partial charge in [-0.2, -0.15) is 4.98 Å². The summed E-state index contributed by atoms with van der Waals surface area (Å²) < 4.78 is 1.87. The van der Waals surface area contributed by atoms with Gasteiger partial charge in [0.2, 0.25) is 5.95 Å². The Labute approximate surface area is 161 Å². The third-order valence-corrected chi connectivity index (χ3v) is 6.05. The van der Waals surface area contributed by atoms with E-state index in [1.165, 1.54) is 0 Å². The summed E-state index contributed by atoms with van der Waals surface area (Å²) in [5.41, 5.74) is 2.82. The van der Waals surface area contributed by atoms with E-state index in [2.05, 4.69) is 31.3 Å². The number of rotatable bonds is 2. The predicted molar refractivity (Wildman–Crippen MR) is 107 cm³/mol. The molecule has 1 aliphatic heterocycles. The van der Waals surface area contributed by atoms with Crippen molar-refractivity contribution in [1.82, 2.24) is 14.8 Å². The van der Waals surface area contributed by atoms with Gasteiger partial charge in [-0.1, -0.05) is 50.2 Å². The minimum atomic E-state index is -0.234. The first-order valence-corrected chi connectivity index (χ1v) is 9.98. The Morgan fingerprint density at radius 3 is 2.70 bits per heavy atom. The number of thiophene rings is 1. The Hall–Kier alpha value is -2.73. The molecule has 6 heteroatoms. The summed E-state index contributed by atoms with van der Waals surface area (Å²) in [6, 6.07) is 13.9. The van der Waals surface area contributed by atoms with E-state index in [4.69, 9.17) is 10.1 Å². The first-order chi connectivity index (χ1) is 13.0. The van der Waals surface area contributed by atoms with Gasteiger partial charge >= 0.3 is 0 Å². The molecule has 1 atom stereocenters. The number of carbonyl (C=O) groups is 1. The highest BCUT2D eigenvalue weighted by molar-refractivity contribution is 7.13. The zero-order valence-corrected chi connectivity index (χ0v) is 16.1. The molecule has 1 N–H and O–H groups in total. The number of hydrogen-bond donors (Lipinski definition) is 1. The van der Waals surface area contributed by atoms with Gasteiger partial charge in [0, 0.05) is 17.7 Å². The van der Waals surface area contributed by atoms with Gasteiger partial charge in [-0.05, 0) is 28.8 Å². The Balaban J connectivity index is 1.70. The topological polar surface area (TPSA) is 59.8 Å². The number of nitrogens with zero attached hydrogens (tertiary/aromatic N) is 3. The highest BCUT2D eigenvalue weighted by atomic mass is 32.1. The van der Waals surface area contributed by atoms with Crippen LogP contribution in [0.25, 0.3) is 10.7 Å². The molecule has 2 aliphatic rings. The monoisotopic (exact) mass is 376 g/mol. The molecule has 0 radical (unpaired) electrons. The number of nitrogens with one attached hydrogen (secondary N) is 1. The van der Waals surface area contributed by atoms with Crippen LogP contribution < -0.4 is 5.32 Å². The number of ketones is 1. The number of fused-ring (bicyclic) bond motifs is 1. The number of hydrogen-bond acceptors (Lipinski definition) is 5. The van der Waals surface area contributed by atoms with Crippen molar-refractivity contribution in [2.24, 2.45) is 5.41 Å². The fourth-order valence-electron chi connectivity index (χ4n) is 4.06. The lowest BCUT2D eigenvalue weighted by molar-refractivity contribution is -0.118. The minimum absolute atomic E-state index is 0.0527. The molecule has 5 nitrogen and oxygen atoms in total. The first-order valence-electron chi connectivity index (χ1n) is 9.10. The lowest BCUT2D eigenvalue weighted by atomic mass is 9.73. The average molecular weight is 376 g/mol. The number of aromatic nitrogens is 3. The molecular formula is C21H20N4OS. The maximum Gasteiger partial charge on any atom is 0.226 e. The van der Waals surface area contributed by atoms with E-state index < -0.39 is 0 Å². The van der Waals surface area contributed by atoms with Gasteiger partial charge in [-0.3, -0.25) is 4.79 Å². The Bertz CT molecular complexity index is 1050. The van der Waals surface area contributed by atoms with Crippen LogP contribution in [0.3, 0.4) is 0 Å². The van der Waals surface area contributed by atoms with Crippen LogP contribution in [-0.4, -0.2) is 20.5 Å². The second-order valence-electron chi connectivity index (χ2n) is 7.95. The van der Waals surface area contributed by atoms with Gasteiger partial charge < -0.3 is 5.32 Å². The van der Waals surface area contributed by atoms with Gasteiger partial charge in [0.25, 0.3) is 0 Å². The van der Waals surface area contributed by atoms with Crippen molar-refractivity contribution in [3.8, 4) is 10.7 Å². The van der Waals surface area contributed by atoms with Crippen molar-refractivity contribution in [3.63, 3.8) is 0 Å². The minimum Gasteiger partial charge on any atom is -0.328 e. The fourth-order valence-corrected chi connectivity index (χ4v) is 4.72. The molecule has 0 bridgehead atoms. The summed E-state index contributed by atoms with van der Waals surface area (Å²) in [4.78, 5) is 18.9. The summed E-state index contributed by atoms with van der Waals surface area (Å²) in [6.07, 6.45) is 1.39. The quantitative estimate of drug-likeness (QED) is 0.706. The van der Waals surface area contributed by atoms with Crippen LogP contribution >= 0.6 is 11.3 Å². The molecular weight excluding hydrogens is 356 g/mol. The maximum absolute atomic E-state index is 13.1. The van der Waals surface area contributed by atoms with Crippen LogP contribution in [0.5, 0.6) is 0 Å². The van der Waals surface area contributed by atoms with Crippen LogP contribution in [0.1, 0.15) is 38.3 Å².